The molecule has 0 amide bonds. The molecule has 116 valence electrons. The molecule has 0 heterocycles. The van der Waals surface area contributed by atoms with E-state index < -0.39 is 5.97 Å². The van der Waals surface area contributed by atoms with Crippen LogP contribution in [0.1, 0.15) is 78.1 Å². The predicted molar refractivity (Wildman–Crippen MR) is 86.9 cm³/mol. The highest BCUT2D eigenvalue weighted by Crippen LogP contribution is 2.15. The molecule has 0 aliphatic heterocycles. The summed E-state index contributed by atoms with van der Waals surface area (Å²) in [6.07, 6.45) is 19.9. The minimum absolute atomic E-state index is 0.128. The maximum absolute atomic E-state index is 10.9. The van der Waals surface area contributed by atoms with Crippen LogP contribution >= 0.6 is 0 Å². The van der Waals surface area contributed by atoms with Gasteiger partial charge in [-0.25, -0.2) is 0 Å². The molecular weight excluding hydrogens is 248 g/mol. The van der Waals surface area contributed by atoms with Gasteiger partial charge in [-0.15, -0.1) is 0 Å². The molecule has 1 atom stereocenters. The van der Waals surface area contributed by atoms with Gasteiger partial charge in [0, 0.05) is 0 Å². The van der Waals surface area contributed by atoms with Gasteiger partial charge in [-0.1, -0.05) is 70.3 Å². The smallest absolute Gasteiger partial charge is 0.306 e. The minimum atomic E-state index is -0.628. The highest BCUT2D eigenvalue weighted by Gasteiger charge is 2.13. The summed E-state index contributed by atoms with van der Waals surface area (Å²) < 4.78 is 0. The first kappa shape index (κ1) is 18.9. The molecule has 0 aromatic rings. The van der Waals surface area contributed by atoms with E-state index in [1.807, 2.05) is 6.92 Å². The molecule has 0 saturated heterocycles. The maximum atomic E-state index is 10.9. The molecule has 0 aliphatic rings. The van der Waals surface area contributed by atoms with E-state index in [1.54, 1.807) is 0 Å². The zero-order chi connectivity index (χ0) is 15.1. The molecule has 0 aliphatic carbocycles. The van der Waals surface area contributed by atoms with Gasteiger partial charge in [0.1, 0.15) is 0 Å². The topological polar surface area (TPSA) is 37.3 Å². The molecule has 0 aromatic carbocycles. The van der Waals surface area contributed by atoms with E-state index >= 15 is 0 Å². The third-order valence-corrected chi connectivity index (χ3v) is 3.63. The monoisotopic (exact) mass is 280 g/mol. The van der Waals surface area contributed by atoms with E-state index in [-0.39, 0.29) is 5.92 Å². The minimum Gasteiger partial charge on any atom is -0.481 e. The first-order valence-corrected chi connectivity index (χ1v) is 8.26. The van der Waals surface area contributed by atoms with E-state index in [1.165, 1.54) is 38.5 Å². The lowest BCUT2D eigenvalue weighted by molar-refractivity contribution is -0.142. The lowest BCUT2D eigenvalue weighted by atomic mass is 9.98. The van der Waals surface area contributed by atoms with Crippen molar-refractivity contribution >= 4 is 5.97 Å². The molecule has 0 aromatic heterocycles. The van der Waals surface area contributed by atoms with Gasteiger partial charge < -0.3 is 5.11 Å². The molecule has 2 heteroatoms. The molecule has 0 bridgehead atoms. The van der Waals surface area contributed by atoms with Crippen molar-refractivity contribution in [2.45, 2.75) is 78.1 Å². The quantitative estimate of drug-likeness (QED) is 0.345. The van der Waals surface area contributed by atoms with Gasteiger partial charge in [0.25, 0.3) is 0 Å². The average Bonchev–Trinajstić information content (AvgIpc) is 2.43. The van der Waals surface area contributed by atoms with Gasteiger partial charge in [0.2, 0.25) is 0 Å². The van der Waals surface area contributed by atoms with Crippen molar-refractivity contribution in [3.63, 3.8) is 0 Å². The normalized spacial score (nSPS) is 13.3. The zero-order valence-electron chi connectivity index (χ0n) is 13.3. The van der Waals surface area contributed by atoms with Gasteiger partial charge in [-0.2, -0.15) is 0 Å². The highest BCUT2D eigenvalue weighted by molar-refractivity contribution is 5.69. The van der Waals surface area contributed by atoms with Crippen molar-refractivity contribution in [2.75, 3.05) is 0 Å². The number of hydrogen-bond donors (Lipinski definition) is 1. The predicted octanol–water partition coefficient (Wildman–Crippen LogP) is 5.74. The molecule has 0 fully saturated rings. The van der Waals surface area contributed by atoms with E-state index in [0.717, 1.165) is 25.7 Å². The van der Waals surface area contributed by atoms with Crippen molar-refractivity contribution in [1.82, 2.24) is 0 Å². The Labute approximate surface area is 125 Å². The van der Waals surface area contributed by atoms with Crippen molar-refractivity contribution in [1.29, 1.82) is 0 Å². The highest BCUT2D eigenvalue weighted by atomic mass is 16.4. The van der Waals surface area contributed by atoms with Crippen LogP contribution in [0.3, 0.4) is 0 Å². The molecule has 1 unspecified atom stereocenters. The Bertz CT molecular complexity index is 279. The third-order valence-electron chi connectivity index (χ3n) is 3.63. The first-order valence-electron chi connectivity index (χ1n) is 8.26. The van der Waals surface area contributed by atoms with Crippen molar-refractivity contribution in [3.8, 4) is 0 Å². The summed E-state index contributed by atoms with van der Waals surface area (Å²) in [6.45, 7) is 4.10. The summed E-state index contributed by atoms with van der Waals surface area (Å²) in [5.74, 6) is -0.757. The first-order chi connectivity index (χ1) is 9.72. The second kappa shape index (κ2) is 14.4. The number of carboxylic acids is 1. The van der Waals surface area contributed by atoms with Crippen LogP contribution in [0.4, 0.5) is 0 Å². The van der Waals surface area contributed by atoms with Crippen LogP contribution in [0, 0.1) is 5.92 Å². The van der Waals surface area contributed by atoms with Crippen molar-refractivity contribution in [2.24, 2.45) is 5.92 Å². The molecule has 0 rings (SSSR count). The number of carboxylic acid groups (broad SMARTS) is 1. The number of aliphatic carboxylic acids is 1. The Hall–Kier alpha value is -1.05. The maximum Gasteiger partial charge on any atom is 0.306 e. The summed E-state index contributed by atoms with van der Waals surface area (Å²) in [5.41, 5.74) is 0. The Morgan fingerprint density at radius 1 is 0.950 bits per heavy atom. The molecule has 0 spiro atoms. The molecule has 0 radical (unpaired) electrons. The van der Waals surface area contributed by atoms with Crippen LogP contribution in [0.25, 0.3) is 0 Å². The summed E-state index contributed by atoms with van der Waals surface area (Å²) in [4.78, 5) is 10.9. The van der Waals surface area contributed by atoms with Crippen molar-refractivity contribution in [3.05, 3.63) is 24.3 Å². The van der Waals surface area contributed by atoms with Gasteiger partial charge in [-0.05, 0) is 32.1 Å². The Morgan fingerprint density at radius 2 is 1.55 bits per heavy atom. The standard InChI is InChI=1S/C18H32O2/c1-3-5-6-7-8-9-10-11-12-13-14-15-16-17(4-2)18(19)20/h5-8,17H,3-4,9-16H2,1-2H3,(H,19,20). The van der Waals surface area contributed by atoms with Crippen LogP contribution < -0.4 is 0 Å². The molecule has 20 heavy (non-hydrogen) atoms. The summed E-state index contributed by atoms with van der Waals surface area (Å²) in [6, 6.07) is 0. The SMILES string of the molecule is CCC=CC=CCCCCCCCCC(CC)C(=O)O. The van der Waals surface area contributed by atoms with Crippen LogP contribution in [-0.4, -0.2) is 11.1 Å². The van der Waals surface area contributed by atoms with E-state index in [0.29, 0.717) is 0 Å². The summed E-state index contributed by atoms with van der Waals surface area (Å²) >= 11 is 0. The number of unbranched alkanes of at least 4 members (excludes halogenated alkanes) is 6. The van der Waals surface area contributed by atoms with Crippen LogP contribution in [0.5, 0.6) is 0 Å². The van der Waals surface area contributed by atoms with E-state index in [2.05, 4.69) is 31.2 Å². The van der Waals surface area contributed by atoms with Crippen LogP contribution in [0.2, 0.25) is 0 Å². The fraction of sp³-hybridized carbons (Fsp3) is 0.722. The Morgan fingerprint density at radius 3 is 2.15 bits per heavy atom. The average molecular weight is 280 g/mol. The molecule has 0 saturated carbocycles. The zero-order valence-corrected chi connectivity index (χ0v) is 13.3. The number of rotatable bonds is 13. The largest absolute Gasteiger partial charge is 0.481 e. The second-order valence-electron chi connectivity index (χ2n) is 5.41. The van der Waals surface area contributed by atoms with E-state index in [4.69, 9.17) is 5.11 Å². The van der Waals surface area contributed by atoms with Gasteiger partial charge in [0.05, 0.1) is 5.92 Å². The number of carbonyl (C=O) groups is 1. The Balaban J connectivity index is 3.30. The fourth-order valence-corrected chi connectivity index (χ4v) is 2.25. The summed E-state index contributed by atoms with van der Waals surface area (Å²) in [7, 11) is 0. The fourth-order valence-electron chi connectivity index (χ4n) is 2.25. The molecule has 1 N–H and O–H groups in total. The lowest BCUT2D eigenvalue weighted by Crippen LogP contribution is -2.12. The van der Waals surface area contributed by atoms with Gasteiger partial charge >= 0.3 is 5.97 Å². The second-order valence-corrected chi connectivity index (χ2v) is 5.41. The van der Waals surface area contributed by atoms with Gasteiger partial charge in [0.15, 0.2) is 0 Å². The van der Waals surface area contributed by atoms with Crippen LogP contribution in [-0.2, 0) is 4.79 Å². The molecule has 2 nitrogen and oxygen atoms in total. The lowest BCUT2D eigenvalue weighted by Gasteiger charge is -2.08. The van der Waals surface area contributed by atoms with E-state index in [9.17, 15) is 4.79 Å². The number of allylic oxidation sites excluding steroid dienone is 4. The number of hydrogen-bond acceptors (Lipinski definition) is 1. The third kappa shape index (κ3) is 12.0. The van der Waals surface area contributed by atoms with Gasteiger partial charge in [-0.3, -0.25) is 4.79 Å². The molecular formula is C18H32O2. The van der Waals surface area contributed by atoms with Crippen LogP contribution in [0.15, 0.2) is 24.3 Å². The summed E-state index contributed by atoms with van der Waals surface area (Å²) in [5, 5.41) is 8.94. The van der Waals surface area contributed by atoms with Crippen molar-refractivity contribution < 1.29 is 9.90 Å². The Kier molecular flexibility index (Phi) is 13.6.